The molecule has 0 bridgehead atoms. The molecular formula is C17H22N4O3S. The van der Waals surface area contributed by atoms with Crippen LogP contribution in [0.3, 0.4) is 0 Å². The predicted octanol–water partition coefficient (Wildman–Crippen LogP) is 3.28. The number of anilines is 1. The van der Waals surface area contributed by atoms with Gasteiger partial charge in [0.05, 0.1) is 18.6 Å². The van der Waals surface area contributed by atoms with E-state index in [1.165, 1.54) is 31.9 Å². The van der Waals surface area contributed by atoms with Gasteiger partial charge in [-0.05, 0) is 38.7 Å². The highest BCUT2D eigenvalue weighted by Gasteiger charge is 2.32. The first kappa shape index (κ1) is 16.5. The SMILES string of the molecule is CCOC(=O)c1ccoc1CSc1nnc(N2CCCC2)n1C1CC1. The van der Waals surface area contributed by atoms with Gasteiger partial charge in [0.15, 0.2) is 5.16 Å². The molecule has 1 saturated heterocycles. The number of carbonyl (C=O) groups excluding carboxylic acids is 1. The van der Waals surface area contributed by atoms with Crippen LogP contribution in [0.2, 0.25) is 0 Å². The van der Waals surface area contributed by atoms with Gasteiger partial charge in [-0.3, -0.25) is 4.57 Å². The van der Waals surface area contributed by atoms with Gasteiger partial charge in [-0.2, -0.15) is 0 Å². The van der Waals surface area contributed by atoms with E-state index in [0.29, 0.717) is 29.7 Å². The van der Waals surface area contributed by atoms with Crippen LogP contribution in [0.15, 0.2) is 21.9 Å². The van der Waals surface area contributed by atoms with E-state index < -0.39 is 0 Å². The smallest absolute Gasteiger partial charge is 0.341 e. The van der Waals surface area contributed by atoms with Crippen LogP contribution in [0.5, 0.6) is 0 Å². The highest BCUT2D eigenvalue weighted by molar-refractivity contribution is 7.98. The van der Waals surface area contributed by atoms with Gasteiger partial charge < -0.3 is 14.1 Å². The number of thioether (sulfide) groups is 1. The normalized spacial score (nSPS) is 17.2. The second kappa shape index (κ2) is 7.11. The van der Waals surface area contributed by atoms with Crippen LogP contribution < -0.4 is 4.90 Å². The molecule has 0 atom stereocenters. The highest BCUT2D eigenvalue weighted by atomic mass is 32.2. The van der Waals surface area contributed by atoms with Crippen molar-refractivity contribution in [2.45, 2.75) is 49.6 Å². The van der Waals surface area contributed by atoms with E-state index in [1.54, 1.807) is 24.8 Å². The van der Waals surface area contributed by atoms with Crippen molar-refractivity contribution in [3.63, 3.8) is 0 Å². The number of furan rings is 1. The second-order valence-corrected chi connectivity index (χ2v) is 7.29. The van der Waals surface area contributed by atoms with E-state index in [-0.39, 0.29) is 5.97 Å². The zero-order valence-corrected chi connectivity index (χ0v) is 15.1. The van der Waals surface area contributed by atoms with Crippen molar-refractivity contribution in [2.75, 3.05) is 24.6 Å². The van der Waals surface area contributed by atoms with Crippen LogP contribution in [-0.4, -0.2) is 40.4 Å². The predicted molar refractivity (Wildman–Crippen MR) is 94.0 cm³/mol. The number of ether oxygens (including phenoxy) is 1. The summed E-state index contributed by atoms with van der Waals surface area (Å²) < 4.78 is 12.8. The summed E-state index contributed by atoms with van der Waals surface area (Å²) in [6.45, 7) is 4.26. The fraction of sp³-hybridized carbons (Fsp3) is 0.588. The van der Waals surface area contributed by atoms with E-state index in [1.807, 2.05) is 0 Å². The molecule has 25 heavy (non-hydrogen) atoms. The Bertz CT molecular complexity index is 747. The van der Waals surface area contributed by atoms with Crippen molar-refractivity contribution >= 4 is 23.7 Å². The zero-order chi connectivity index (χ0) is 17.2. The van der Waals surface area contributed by atoms with Gasteiger partial charge in [0.2, 0.25) is 5.95 Å². The Morgan fingerprint density at radius 2 is 2.16 bits per heavy atom. The summed E-state index contributed by atoms with van der Waals surface area (Å²) in [7, 11) is 0. The van der Waals surface area contributed by atoms with E-state index in [4.69, 9.17) is 9.15 Å². The summed E-state index contributed by atoms with van der Waals surface area (Å²) in [5, 5.41) is 9.75. The standard InChI is InChI=1S/C17H22N4O3S/c1-2-23-15(22)13-7-10-24-14(13)11-25-17-19-18-16(20-8-3-4-9-20)21(17)12-5-6-12/h7,10,12H,2-6,8-9,11H2,1H3. The van der Waals surface area contributed by atoms with Crippen LogP contribution in [0, 0.1) is 0 Å². The molecule has 1 aliphatic carbocycles. The second-order valence-electron chi connectivity index (χ2n) is 6.34. The van der Waals surface area contributed by atoms with Gasteiger partial charge in [-0.15, -0.1) is 10.2 Å². The molecule has 4 rings (SSSR count). The Morgan fingerprint density at radius 1 is 1.36 bits per heavy atom. The lowest BCUT2D eigenvalue weighted by atomic mass is 10.3. The lowest BCUT2D eigenvalue weighted by Gasteiger charge is -2.17. The largest absolute Gasteiger partial charge is 0.468 e. The molecule has 2 aromatic heterocycles. The summed E-state index contributed by atoms with van der Waals surface area (Å²) in [5.41, 5.74) is 0.492. The number of hydrogen-bond acceptors (Lipinski definition) is 7. The number of hydrogen-bond donors (Lipinski definition) is 0. The Kier molecular flexibility index (Phi) is 4.70. The van der Waals surface area contributed by atoms with Gasteiger partial charge >= 0.3 is 5.97 Å². The van der Waals surface area contributed by atoms with Crippen molar-refractivity contribution in [3.8, 4) is 0 Å². The van der Waals surface area contributed by atoms with Crippen molar-refractivity contribution < 1.29 is 13.9 Å². The molecule has 1 aliphatic heterocycles. The minimum Gasteiger partial charge on any atom is -0.468 e. The fourth-order valence-electron chi connectivity index (χ4n) is 3.13. The van der Waals surface area contributed by atoms with Crippen LogP contribution in [0.4, 0.5) is 5.95 Å². The van der Waals surface area contributed by atoms with Gasteiger partial charge in [0, 0.05) is 19.1 Å². The van der Waals surface area contributed by atoms with Gasteiger partial charge in [0.25, 0.3) is 0 Å². The van der Waals surface area contributed by atoms with E-state index in [9.17, 15) is 4.79 Å². The molecule has 2 aromatic rings. The Balaban J connectivity index is 1.50. The first-order valence-electron chi connectivity index (χ1n) is 8.84. The molecular weight excluding hydrogens is 340 g/mol. The average Bonchev–Trinajstić information content (AvgIpc) is 3.06. The Labute approximate surface area is 150 Å². The third-order valence-electron chi connectivity index (χ3n) is 4.52. The molecule has 2 fully saturated rings. The van der Waals surface area contributed by atoms with Crippen LogP contribution in [-0.2, 0) is 10.5 Å². The summed E-state index contributed by atoms with van der Waals surface area (Å²) in [4.78, 5) is 14.3. The summed E-state index contributed by atoms with van der Waals surface area (Å²) in [6, 6.07) is 2.17. The highest BCUT2D eigenvalue weighted by Crippen LogP contribution is 2.42. The van der Waals surface area contributed by atoms with E-state index >= 15 is 0 Å². The number of esters is 1. The van der Waals surface area contributed by atoms with Crippen LogP contribution in [0.25, 0.3) is 0 Å². The molecule has 0 amide bonds. The first-order valence-corrected chi connectivity index (χ1v) is 9.82. The topological polar surface area (TPSA) is 73.4 Å². The maximum atomic E-state index is 12.0. The molecule has 0 spiro atoms. The molecule has 8 heteroatoms. The number of nitrogens with zero attached hydrogens (tertiary/aromatic N) is 4. The minimum absolute atomic E-state index is 0.340. The zero-order valence-electron chi connectivity index (χ0n) is 14.3. The maximum absolute atomic E-state index is 12.0. The van der Waals surface area contributed by atoms with Crippen molar-refractivity contribution in [1.82, 2.24) is 14.8 Å². The van der Waals surface area contributed by atoms with E-state index in [0.717, 1.165) is 24.2 Å². The summed E-state index contributed by atoms with van der Waals surface area (Å²) in [5.74, 6) is 1.81. The molecule has 0 N–H and O–H groups in total. The fourth-order valence-corrected chi connectivity index (χ4v) is 4.08. The molecule has 1 saturated carbocycles. The molecule has 7 nitrogen and oxygen atoms in total. The molecule has 0 unspecified atom stereocenters. The third-order valence-corrected chi connectivity index (χ3v) is 5.46. The van der Waals surface area contributed by atoms with Gasteiger partial charge in [0.1, 0.15) is 11.3 Å². The Hall–Kier alpha value is -1.96. The number of carbonyl (C=O) groups is 1. The molecule has 0 aromatic carbocycles. The maximum Gasteiger partial charge on any atom is 0.341 e. The molecule has 2 aliphatic rings. The quantitative estimate of drug-likeness (QED) is 0.553. The van der Waals surface area contributed by atoms with Gasteiger partial charge in [-0.1, -0.05) is 11.8 Å². The molecule has 0 radical (unpaired) electrons. The molecule has 3 heterocycles. The van der Waals surface area contributed by atoms with Crippen molar-refractivity contribution in [1.29, 1.82) is 0 Å². The number of rotatable bonds is 7. The van der Waals surface area contributed by atoms with Crippen molar-refractivity contribution in [2.24, 2.45) is 0 Å². The first-order chi connectivity index (χ1) is 12.3. The monoisotopic (exact) mass is 362 g/mol. The Morgan fingerprint density at radius 3 is 2.88 bits per heavy atom. The molecule has 134 valence electrons. The van der Waals surface area contributed by atoms with Crippen LogP contribution in [0.1, 0.15) is 54.8 Å². The third kappa shape index (κ3) is 3.40. The van der Waals surface area contributed by atoms with E-state index in [2.05, 4.69) is 19.7 Å². The average molecular weight is 362 g/mol. The van der Waals surface area contributed by atoms with Gasteiger partial charge in [-0.25, -0.2) is 4.79 Å². The summed E-state index contributed by atoms with van der Waals surface area (Å²) >= 11 is 1.56. The summed E-state index contributed by atoms with van der Waals surface area (Å²) in [6.07, 6.45) is 6.33. The lowest BCUT2D eigenvalue weighted by molar-refractivity contribution is 0.0524. The van der Waals surface area contributed by atoms with Crippen molar-refractivity contribution in [3.05, 3.63) is 23.7 Å². The lowest BCUT2D eigenvalue weighted by Crippen LogP contribution is -2.22. The minimum atomic E-state index is -0.340. The van der Waals surface area contributed by atoms with Crippen LogP contribution >= 0.6 is 11.8 Å². The number of aromatic nitrogens is 3.